The number of sulfonamides is 1. The van der Waals surface area contributed by atoms with Gasteiger partial charge in [-0.25, -0.2) is 8.42 Å². The molecule has 0 aromatic heterocycles. The molecule has 0 radical (unpaired) electrons. The molecule has 1 fully saturated rings. The molecule has 0 N–H and O–H groups in total. The molecule has 2 rings (SSSR count). The van der Waals surface area contributed by atoms with E-state index < -0.39 is 10.0 Å². The summed E-state index contributed by atoms with van der Waals surface area (Å²) in [5, 5.41) is 0. The van der Waals surface area contributed by atoms with Gasteiger partial charge in [-0.1, -0.05) is 0 Å². The van der Waals surface area contributed by atoms with E-state index in [1.54, 1.807) is 6.07 Å². The van der Waals surface area contributed by atoms with Crippen LogP contribution in [0.3, 0.4) is 0 Å². The number of piperazine rings is 1. The lowest BCUT2D eigenvalue weighted by atomic mass is 10.3. The molecule has 124 valence electrons. The molecule has 1 aromatic carbocycles. The second kappa shape index (κ2) is 7.04. The van der Waals surface area contributed by atoms with Gasteiger partial charge in [-0.15, -0.1) is 0 Å². The van der Waals surface area contributed by atoms with Crippen molar-refractivity contribution >= 4 is 41.9 Å². The van der Waals surface area contributed by atoms with E-state index in [0.717, 1.165) is 0 Å². The highest BCUT2D eigenvalue weighted by molar-refractivity contribution is 9.13. The Morgan fingerprint density at radius 2 is 1.68 bits per heavy atom. The first-order chi connectivity index (χ1) is 10.3. The van der Waals surface area contributed by atoms with Crippen LogP contribution in [0.1, 0.15) is 0 Å². The van der Waals surface area contributed by atoms with Gasteiger partial charge in [-0.3, -0.25) is 0 Å². The SMILES string of the molecule is COc1cc(Br)c(Br)c(S(=O)(=O)N2CCN(C)CC2)c1OC. The molecule has 22 heavy (non-hydrogen) atoms. The highest BCUT2D eigenvalue weighted by Crippen LogP contribution is 2.44. The minimum absolute atomic E-state index is 0.0887. The van der Waals surface area contributed by atoms with Crippen LogP contribution < -0.4 is 9.47 Å². The molecule has 1 aliphatic rings. The fourth-order valence-corrected chi connectivity index (χ4v) is 5.40. The monoisotopic (exact) mass is 456 g/mol. The standard InChI is InChI=1S/C13H18Br2N2O4S/c1-16-4-6-17(7-5-16)22(18,19)13-11(15)9(14)8-10(20-2)12(13)21-3/h8H,4-7H2,1-3H3. The molecule has 0 unspecified atom stereocenters. The Labute approximate surface area is 147 Å². The van der Waals surface area contributed by atoms with Crippen molar-refractivity contribution in [2.75, 3.05) is 47.4 Å². The van der Waals surface area contributed by atoms with E-state index in [1.165, 1.54) is 18.5 Å². The highest BCUT2D eigenvalue weighted by atomic mass is 79.9. The Balaban J connectivity index is 2.57. The number of likely N-dealkylation sites (N-methyl/N-ethyl adjacent to an activating group) is 1. The quantitative estimate of drug-likeness (QED) is 0.693. The molecule has 0 bridgehead atoms. The molecule has 0 spiro atoms. The summed E-state index contributed by atoms with van der Waals surface area (Å²) in [6.45, 7) is 2.29. The molecule has 0 saturated carbocycles. The molecule has 1 aromatic rings. The fraction of sp³-hybridized carbons (Fsp3) is 0.538. The van der Waals surface area contributed by atoms with Crippen molar-refractivity contribution in [1.29, 1.82) is 0 Å². The van der Waals surface area contributed by atoms with Gasteiger partial charge in [-0.05, 0) is 45.0 Å². The van der Waals surface area contributed by atoms with Gasteiger partial charge < -0.3 is 14.4 Å². The van der Waals surface area contributed by atoms with Crippen molar-refractivity contribution in [3.05, 3.63) is 15.0 Å². The summed E-state index contributed by atoms with van der Waals surface area (Å²) in [6.07, 6.45) is 0. The Hall–Kier alpha value is -0.350. The molecule has 0 amide bonds. The first-order valence-electron chi connectivity index (χ1n) is 6.61. The van der Waals surface area contributed by atoms with E-state index in [1.807, 2.05) is 7.05 Å². The number of rotatable bonds is 4. The van der Waals surface area contributed by atoms with Crippen LogP contribution in [0, 0.1) is 0 Å². The number of hydrogen-bond acceptors (Lipinski definition) is 5. The van der Waals surface area contributed by atoms with Gasteiger partial charge in [0.05, 0.1) is 18.7 Å². The summed E-state index contributed by atoms with van der Waals surface area (Å²) in [5.74, 6) is 0.571. The minimum atomic E-state index is -3.69. The van der Waals surface area contributed by atoms with Crippen LogP contribution in [0.2, 0.25) is 0 Å². The maximum Gasteiger partial charge on any atom is 0.248 e. The lowest BCUT2D eigenvalue weighted by Crippen LogP contribution is -2.47. The molecular formula is C13H18Br2N2O4S. The largest absolute Gasteiger partial charge is 0.493 e. The molecule has 0 aliphatic carbocycles. The van der Waals surface area contributed by atoms with Crippen molar-refractivity contribution in [3.63, 3.8) is 0 Å². The zero-order chi connectivity index (χ0) is 16.5. The number of halogens is 2. The van der Waals surface area contributed by atoms with Crippen LogP contribution in [0.15, 0.2) is 19.9 Å². The predicted octanol–water partition coefficient (Wildman–Crippen LogP) is 2.16. The Kier molecular flexibility index (Phi) is 5.76. The first kappa shape index (κ1) is 18.0. The molecule has 1 heterocycles. The van der Waals surface area contributed by atoms with Crippen molar-refractivity contribution < 1.29 is 17.9 Å². The van der Waals surface area contributed by atoms with E-state index in [0.29, 0.717) is 40.9 Å². The minimum Gasteiger partial charge on any atom is -0.493 e. The van der Waals surface area contributed by atoms with Crippen LogP contribution in [-0.2, 0) is 10.0 Å². The highest BCUT2D eigenvalue weighted by Gasteiger charge is 2.34. The average molecular weight is 458 g/mol. The lowest BCUT2D eigenvalue weighted by molar-refractivity contribution is 0.222. The predicted molar refractivity (Wildman–Crippen MR) is 91.2 cm³/mol. The normalized spacial score (nSPS) is 17.5. The molecule has 0 atom stereocenters. The topological polar surface area (TPSA) is 59.1 Å². The van der Waals surface area contributed by atoms with Gasteiger partial charge in [0, 0.05) is 30.7 Å². The lowest BCUT2D eigenvalue weighted by Gasteiger charge is -2.32. The fourth-order valence-electron chi connectivity index (χ4n) is 2.30. The third-order valence-electron chi connectivity index (χ3n) is 3.58. The van der Waals surface area contributed by atoms with Crippen LogP contribution in [0.4, 0.5) is 0 Å². The summed E-state index contributed by atoms with van der Waals surface area (Å²) in [6, 6.07) is 1.67. The number of nitrogens with zero attached hydrogens (tertiary/aromatic N) is 2. The van der Waals surface area contributed by atoms with E-state index in [9.17, 15) is 8.42 Å². The number of ether oxygens (including phenoxy) is 2. The van der Waals surface area contributed by atoms with Crippen molar-refractivity contribution in [1.82, 2.24) is 9.21 Å². The van der Waals surface area contributed by atoms with E-state index in [-0.39, 0.29) is 10.6 Å². The van der Waals surface area contributed by atoms with E-state index in [4.69, 9.17) is 9.47 Å². The average Bonchev–Trinajstić information content (AvgIpc) is 2.49. The number of methoxy groups -OCH3 is 2. The van der Waals surface area contributed by atoms with Crippen LogP contribution in [-0.4, -0.2) is 65.1 Å². The van der Waals surface area contributed by atoms with Crippen LogP contribution in [0.5, 0.6) is 11.5 Å². The van der Waals surface area contributed by atoms with Crippen LogP contribution >= 0.6 is 31.9 Å². The molecule has 9 heteroatoms. The Bertz CT molecular complexity index is 658. The molecular weight excluding hydrogens is 440 g/mol. The smallest absolute Gasteiger partial charge is 0.248 e. The van der Waals surface area contributed by atoms with Gasteiger partial charge in [-0.2, -0.15) is 4.31 Å². The molecule has 1 saturated heterocycles. The summed E-state index contributed by atoms with van der Waals surface area (Å²) >= 11 is 6.70. The zero-order valence-corrected chi connectivity index (χ0v) is 16.6. The van der Waals surface area contributed by atoms with Crippen molar-refractivity contribution in [2.45, 2.75) is 4.90 Å². The summed E-state index contributed by atoms with van der Waals surface area (Å²) in [7, 11) is 1.19. The summed E-state index contributed by atoms with van der Waals surface area (Å²) < 4.78 is 39.1. The summed E-state index contributed by atoms with van der Waals surface area (Å²) in [4.78, 5) is 2.19. The maximum atomic E-state index is 13.0. The van der Waals surface area contributed by atoms with Gasteiger partial charge in [0.2, 0.25) is 10.0 Å². The van der Waals surface area contributed by atoms with Gasteiger partial charge >= 0.3 is 0 Å². The second-order valence-corrected chi connectivity index (χ2v) is 8.47. The van der Waals surface area contributed by atoms with E-state index in [2.05, 4.69) is 36.8 Å². The Morgan fingerprint density at radius 1 is 1.09 bits per heavy atom. The third kappa shape index (κ3) is 3.28. The van der Waals surface area contributed by atoms with Crippen LogP contribution in [0.25, 0.3) is 0 Å². The number of hydrogen-bond donors (Lipinski definition) is 0. The third-order valence-corrected chi connectivity index (χ3v) is 7.78. The second-order valence-electron chi connectivity index (χ2n) is 4.94. The maximum absolute atomic E-state index is 13.0. The van der Waals surface area contributed by atoms with Crippen molar-refractivity contribution in [2.24, 2.45) is 0 Å². The van der Waals surface area contributed by atoms with Crippen molar-refractivity contribution in [3.8, 4) is 11.5 Å². The van der Waals surface area contributed by atoms with E-state index >= 15 is 0 Å². The van der Waals surface area contributed by atoms with Gasteiger partial charge in [0.15, 0.2) is 11.5 Å². The van der Waals surface area contributed by atoms with Gasteiger partial charge in [0.1, 0.15) is 4.90 Å². The zero-order valence-electron chi connectivity index (χ0n) is 12.6. The number of benzene rings is 1. The molecule has 6 nitrogen and oxygen atoms in total. The Morgan fingerprint density at radius 3 is 2.18 bits per heavy atom. The first-order valence-corrected chi connectivity index (χ1v) is 9.64. The summed E-state index contributed by atoms with van der Waals surface area (Å²) in [5.41, 5.74) is 0. The molecule has 1 aliphatic heterocycles. The van der Waals surface area contributed by atoms with Gasteiger partial charge in [0.25, 0.3) is 0 Å².